The normalized spacial score (nSPS) is 13.3. The monoisotopic (exact) mass is 660 g/mol. The van der Waals surface area contributed by atoms with Gasteiger partial charge in [-0.1, -0.05) is 6.92 Å². The Bertz CT molecular complexity index is 559. The summed E-state index contributed by atoms with van der Waals surface area (Å²) in [6.07, 6.45) is 3.73. The summed E-state index contributed by atoms with van der Waals surface area (Å²) in [5.74, 6) is 0.980. The van der Waals surface area contributed by atoms with Gasteiger partial charge in [0.1, 0.15) is 4.99 Å². The van der Waals surface area contributed by atoms with Crippen LogP contribution in [0.1, 0.15) is 74.1 Å². The highest BCUT2D eigenvalue weighted by Crippen LogP contribution is 2.29. The first-order chi connectivity index (χ1) is 19.7. The second-order valence-corrected chi connectivity index (χ2v) is 20.3. The average molecular weight is 661 g/mol. The summed E-state index contributed by atoms with van der Waals surface area (Å²) in [7, 11) is -3.99. The standard InChI is InChI=1S/C27H64N2O8SSi3/c1-11-32-40(33-12-2,34-13-3)25-19-22-28-27(38-17-7,21-18-24-39(10,30-8)31-9)29-23-20-26-41(35-14-4,36-15-5)37-16-6/h28-29H,11-26H2,1-10H3. The zero-order valence-electron chi connectivity index (χ0n) is 28.0. The van der Waals surface area contributed by atoms with Crippen LogP contribution >= 0.6 is 11.8 Å². The molecule has 10 nitrogen and oxygen atoms in total. The molecular weight excluding hydrogens is 597 g/mol. The van der Waals surface area contributed by atoms with E-state index in [1.54, 1.807) is 14.2 Å². The maximum atomic E-state index is 6.08. The van der Waals surface area contributed by atoms with Gasteiger partial charge in [0.25, 0.3) is 0 Å². The van der Waals surface area contributed by atoms with Gasteiger partial charge in [0.2, 0.25) is 0 Å². The van der Waals surface area contributed by atoms with Gasteiger partial charge >= 0.3 is 26.2 Å². The molecule has 0 saturated carbocycles. The van der Waals surface area contributed by atoms with Crippen LogP contribution in [0.4, 0.5) is 0 Å². The molecule has 0 unspecified atom stereocenters. The Hall–Kier alpha value is 0.601. The maximum Gasteiger partial charge on any atom is 0.500 e. The van der Waals surface area contributed by atoms with Crippen LogP contribution in [0.5, 0.6) is 0 Å². The molecule has 2 N–H and O–H groups in total. The topological polar surface area (TPSA) is 97.9 Å². The molecule has 0 fully saturated rings. The minimum atomic E-state index is -2.68. The van der Waals surface area contributed by atoms with E-state index in [1.807, 2.05) is 53.3 Å². The van der Waals surface area contributed by atoms with Crippen molar-refractivity contribution in [2.24, 2.45) is 0 Å². The van der Waals surface area contributed by atoms with E-state index < -0.39 is 26.2 Å². The van der Waals surface area contributed by atoms with Gasteiger partial charge in [-0.15, -0.1) is 11.8 Å². The predicted molar refractivity (Wildman–Crippen MR) is 177 cm³/mol. The van der Waals surface area contributed by atoms with Crippen LogP contribution in [0, 0.1) is 0 Å². The van der Waals surface area contributed by atoms with E-state index in [0.29, 0.717) is 39.6 Å². The fourth-order valence-corrected chi connectivity index (χ4v) is 12.6. The lowest BCUT2D eigenvalue weighted by Crippen LogP contribution is -2.56. The summed E-state index contributed by atoms with van der Waals surface area (Å²) in [5.41, 5.74) is 0. The van der Waals surface area contributed by atoms with E-state index in [2.05, 4.69) is 24.1 Å². The van der Waals surface area contributed by atoms with E-state index in [0.717, 1.165) is 62.7 Å². The molecule has 0 amide bonds. The quantitative estimate of drug-likeness (QED) is 0.0573. The van der Waals surface area contributed by atoms with E-state index in [-0.39, 0.29) is 4.99 Å². The molecule has 0 rings (SSSR count). The molecule has 0 aliphatic rings. The van der Waals surface area contributed by atoms with Crippen molar-refractivity contribution in [1.29, 1.82) is 0 Å². The Labute approximate surface area is 259 Å². The van der Waals surface area contributed by atoms with Gasteiger partial charge in [-0.3, -0.25) is 10.6 Å². The third kappa shape index (κ3) is 16.5. The third-order valence-electron chi connectivity index (χ3n) is 6.74. The first-order valence-corrected chi connectivity index (χ1v) is 23.1. The van der Waals surface area contributed by atoms with Crippen molar-refractivity contribution >= 4 is 37.9 Å². The molecule has 0 aromatic heterocycles. The number of rotatable bonds is 30. The predicted octanol–water partition coefficient (Wildman–Crippen LogP) is 5.59. The largest absolute Gasteiger partial charge is 0.500 e. The van der Waals surface area contributed by atoms with Gasteiger partial charge in [-0.05, 0) is 98.7 Å². The summed E-state index contributed by atoms with van der Waals surface area (Å²) in [4.78, 5) is -0.286. The second-order valence-electron chi connectivity index (χ2n) is 9.68. The van der Waals surface area contributed by atoms with Gasteiger partial charge in [0.15, 0.2) is 0 Å². The van der Waals surface area contributed by atoms with Crippen molar-refractivity contribution in [3.05, 3.63) is 0 Å². The Kier molecular flexibility index (Phi) is 24.3. The first-order valence-electron chi connectivity index (χ1n) is 15.7. The molecule has 0 aliphatic heterocycles. The minimum Gasteiger partial charge on any atom is -0.398 e. The van der Waals surface area contributed by atoms with Crippen molar-refractivity contribution < 1.29 is 35.4 Å². The molecule has 0 radical (unpaired) electrons. The molecule has 0 aliphatic carbocycles. The Morgan fingerprint density at radius 3 is 1.22 bits per heavy atom. The second kappa shape index (κ2) is 23.9. The van der Waals surface area contributed by atoms with Crippen LogP contribution in [0.3, 0.4) is 0 Å². The lowest BCUT2D eigenvalue weighted by atomic mass is 10.2. The van der Waals surface area contributed by atoms with E-state index >= 15 is 0 Å². The van der Waals surface area contributed by atoms with Crippen LogP contribution in [0.2, 0.25) is 24.7 Å². The lowest BCUT2D eigenvalue weighted by Gasteiger charge is -2.37. The Balaban J connectivity index is 5.58. The van der Waals surface area contributed by atoms with Crippen molar-refractivity contribution in [3.63, 3.8) is 0 Å². The molecule has 248 valence electrons. The molecular formula is C27H64N2O8SSi3. The SMILES string of the molecule is CCO[Si](CCCNC(CCC[Si](C)(OC)OC)(NCCC[Si](OCC)(OCC)OCC)SCC)(OCC)OCC. The number of nitrogens with one attached hydrogen (secondary N) is 2. The van der Waals surface area contributed by atoms with Crippen LogP contribution in [-0.2, 0) is 35.4 Å². The van der Waals surface area contributed by atoms with E-state index in [1.165, 1.54) is 0 Å². The first kappa shape index (κ1) is 41.6. The molecule has 0 spiro atoms. The summed E-state index contributed by atoms with van der Waals surface area (Å²) in [6, 6.07) is 2.50. The number of hydrogen-bond acceptors (Lipinski definition) is 11. The summed E-state index contributed by atoms with van der Waals surface area (Å²) in [6.45, 7) is 21.5. The average Bonchev–Trinajstić information content (AvgIpc) is 2.94. The number of thioether (sulfide) groups is 1. The highest BCUT2D eigenvalue weighted by atomic mass is 32.2. The van der Waals surface area contributed by atoms with Crippen molar-refractivity contribution in [2.45, 2.75) is 104 Å². The fourth-order valence-electron chi connectivity index (χ4n) is 4.80. The summed E-state index contributed by atoms with van der Waals surface area (Å²) >= 11 is 1.91. The van der Waals surface area contributed by atoms with Crippen molar-refractivity contribution in [2.75, 3.05) is 72.7 Å². The lowest BCUT2D eigenvalue weighted by molar-refractivity contribution is 0.0701. The molecule has 0 aromatic rings. The van der Waals surface area contributed by atoms with Crippen LogP contribution in [0.25, 0.3) is 0 Å². The van der Waals surface area contributed by atoms with Crippen LogP contribution < -0.4 is 10.6 Å². The van der Waals surface area contributed by atoms with Gasteiger partial charge in [0, 0.05) is 65.9 Å². The van der Waals surface area contributed by atoms with Crippen molar-refractivity contribution in [1.82, 2.24) is 10.6 Å². The molecule has 0 aromatic carbocycles. The highest BCUT2D eigenvalue weighted by molar-refractivity contribution is 8.00. The smallest absolute Gasteiger partial charge is 0.398 e. The highest BCUT2D eigenvalue weighted by Gasteiger charge is 2.41. The van der Waals surface area contributed by atoms with Crippen LogP contribution in [-0.4, -0.2) is 104 Å². The molecule has 0 saturated heterocycles. The minimum absolute atomic E-state index is 0.286. The molecule has 0 bridgehead atoms. The molecule has 41 heavy (non-hydrogen) atoms. The molecule has 14 heteroatoms. The Morgan fingerprint density at radius 1 is 0.561 bits per heavy atom. The summed E-state index contributed by atoms with van der Waals surface area (Å²) < 4.78 is 48.0. The third-order valence-corrected chi connectivity index (χ3v) is 17.3. The fraction of sp³-hybridized carbons (Fsp3) is 1.00. The van der Waals surface area contributed by atoms with Gasteiger partial charge in [-0.25, -0.2) is 0 Å². The van der Waals surface area contributed by atoms with Gasteiger partial charge < -0.3 is 35.4 Å². The number of hydrogen-bond donors (Lipinski definition) is 2. The van der Waals surface area contributed by atoms with Crippen LogP contribution in [0.15, 0.2) is 0 Å². The molecule has 0 heterocycles. The Morgan fingerprint density at radius 2 is 0.927 bits per heavy atom. The zero-order chi connectivity index (χ0) is 31.1. The van der Waals surface area contributed by atoms with Gasteiger partial charge in [-0.2, -0.15) is 0 Å². The summed E-state index contributed by atoms with van der Waals surface area (Å²) in [5, 5.41) is 7.77. The maximum absolute atomic E-state index is 6.08. The zero-order valence-corrected chi connectivity index (χ0v) is 31.8. The molecule has 0 atom stereocenters. The van der Waals surface area contributed by atoms with Crippen molar-refractivity contribution in [3.8, 4) is 0 Å². The van der Waals surface area contributed by atoms with E-state index in [4.69, 9.17) is 35.4 Å². The van der Waals surface area contributed by atoms with Gasteiger partial charge in [0.05, 0.1) is 0 Å². The van der Waals surface area contributed by atoms with E-state index in [9.17, 15) is 0 Å².